The quantitative estimate of drug-likeness (QED) is 0.751. The lowest BCUT2D eigenvalue weighted by molar-refractivity contribution is -0.152. The lowest BCUT2D eigenvalue weighted by Crippen LogP contribution is -2.45. The van der Waals surface area contributed by atoms with E-state index in [1.165, 1.54) is 5.56 Å². The van der Waals surface area contributed by atoms with Crippen LogP contribution in [0.3, 0.4) is 0 Å². The molecule has 0 spiro atoms. The third-order valence-electron chi connectivity index (χ3n) is 5.75. The van der Waals surface area contributed by atoms with Crippen molar-refractivity contribution in [1.29, 1.82) is 0 Å². The van der Waals surface area contributed by atoms with E-state index in [0.717, 1.165) is 31.7 Å². The first-order valence-electron chi connectivity index (χ1n) is 8.87. The molecule has 0 radical (unpaired) electrons. The first-order valence-corrected chi connectivity index (χ1v) is 8.87. The number of hydrogen-bond donors (Lipinski definition) is 0. The van der Waals surface area contributed by atoms with Crippen molar-refractivity contribution >= 4 is 12.6 Å². The van der Waals surface area contributed by atoms with Crippen molar-refractivity contribution in [2.75, 3.05) is 19.8 Å². The average molecular weight is 332 g/mol. The standard InChI is InChI=1S/C19H29BO4/c1-6-19(13-22-14-19)12-21-11-15-7-9-16(10-8-15)20-23-17(2,3)18(4,5)24-20/h7-10H,6,11-14H2,1-5H3. The molecule has 5 heteroatoms. The SMILES string of the molecule is CCC1(COCc2ccc(B3OC(C)(C)C(C)(C)O3)cc2)COC1. The minimum Gasteiger partial charge on any atom is -0.399 e. The maximum absolute atomic E-state index is 6.09. The molecular formula is C19H29BO4. The smallest absolute Gasteiger partial charge is 0.399 e. The molecule has 0 aliphatic carbocycles. The van der Waals surface area contributed by atoms with Gasteiger partial charge in [-0.15, -0.1) is 0 Å². The normalized spacial score (nSPS) is 24.0. The van der Waals surface area contributed by atoms with Crippen LogP contribution in [0, 0.1) is 5.41 Å². The highest BCUT2D eigenvalue weighted by atomic mass is 16.7. The molecule has 0 bridgehead atoms. The zero-order chi connectivity index (χ0) is 17.4. The molecule has 2 aliphatic heterocycles. The van der Waals surface area contributed by atoms with E-state index in [-0.39, 0.29) is 23.7 Å². The van der Waals surface area contributed by atoms with E-state index in [9.17, 15) is 0 Å². The Morgan fingerprint density at radius 1 is 1.00 bits per heavy atom. The monoisotopic (exact) mass is 332 g/mol. The highest BCUT2D eigenvalue weighted by Crippen LogP contribution is 2.36. The summed E-state index contributed by atoms with van der Waals surface area (Å²) in [5.74, 6) is 0. The van der Waals surface area contributed by atoms with E-state index in [1.54, 1.807) is 0 Å². The Kier molecular flexibility index (Phi) is 4.82. The maximum atomic E-state index is 6.09. The summed E-state index contributed by atoms with van der Waals surface area (Å²) >= 11 is 0. The second-order valence-corrected chi connectivity index (χ2v) is 8.17. The van der Waals surface area contributed by atoms with E-state index in [4.69, 9.17) is 18.8 Å². The van der Waals surface area contributed by atoms with Gasteiger partial charge in [-0.2, -0.15) is 0 Å². The van der Waals surface area contributed by atoms with Crippen molar-refractivity contribution in [3.8, 4) is 0 Å². The van der Waals surface area contributed by atoms with E-state index in [2.05, 4.69) is 58.9 Å². The van der Waals surface area contributed by atoms with Gasteiger partial charge in [-0.3, -0.25) is 0 Å². The molecule has 0 aromatic heterocycles. The molecule has 24 heavy (non-hydrogen) atoms. The summed E-state index contributed by atoms with van der Waals surface area (Å²) in [5, 5.41) is 0. The van der Waals surface area contributed by atoms with Crippen LogP contribution in [0.15, 0.2) is 24.3 Å². The molecule has 2 fully saturated rings. The van der Waals surface area contributed by atoms with Gasteiger partial charge in [0.15, 0.2) is 0 Å². The molecule has 4 nitrogen and oxygen atoms in total. The fourth-order valence-corrected chi connectivity index (χ4v) is 2.92. The second-order valence-electron chi connectivity index (χ2n) is 8.17. The zero-order valence-electron chi connectivity index (χ0n) is 15.6. The average Bonchev–Trinajstić information content (AvgIpc) is 2.71. The first kappa shape index (κ1) is 17.9. The van der Waals surface area contributed by atoms with Crippen molar-refractivity contribution < 1.29 is 18.8 Å². The van der Waals surface area contributed by atoms with Crippen LogP contribution < -0.4 is 5.46 Å². The predicted octanol–water partition coefficient (Wildman–Crippen LogP) is 2.93. The Bertz CT molecular complexity index is 542. The van der Waals surface area contributed by atoms with Gasteiger partial charge in [0.2, 0.25) is 0 Å². The molecule has 2 aliphatic rings. The zero-order valence-corrected chi connectivity index (χ0v) is 15.6. The summed E-state index contributed by atoms with van der Waals surface area (Å²) in [4.78, 5) is 0. The van der Waals surface area contributed by atoms with E-state index in [0.29, 0.717) is 6.61 Å². The summed E-state index contributed by atoms with van der Waals surface area (Å²) < 4.78 is 23.4. The molecule has 0 saturated carbocycles. The number of benzene rings is 1. The largest absolute Gasteiger partial charge is 0.494 e. The first-order chi connectivity index (χ1) is 11.3. The number of rotatable bonds is 6. The van der Waals surface area contributed by atoms with Gasteiger partial charge in [0, 0.05) is 5.41 Å². The van der Waals surface area contributed by atoms with Gasteiger partial charge in [0.05, 0.1) is 37.6 Å². The molecular weight excluding hydrogens is 303 g/mol. The second kappa shape index (κ2) is 6.45. The molecule has 0 N–H and O–H groups in total. The van der Waals surface area contributed by atoms with Crippen molar-refractivity contribution in [2.45, 2.75) is 58.8 Å². The van der Waals surface area contributed by atoms with Crippen molar-refractivity contribution in [3.05, 3.63) is 29.8 Å². The lowest BCUT2D eigenvalue weighted by atomic mass is 9.79. The Morgan fingerprint density at radius 2 is 1.58 bits per heavy atom. The topological polar surface area (TPSA) is 36.9 Å². The maximum Gasteiger partial charge on any atom is 0.494 e. The number of hydrogen-bond acceptors (Lipinski definition) is 4. The van der Waals surface area contributed by atoms with Gasteiger partial charge >= 0.3 is 7.12 Å². The molecule has 3 rings (SSSR count). The van der Waals surface area contributed by atoms with Gasteiger partial charge in [0.1, 0.15) is 0 Å². The van der Waals surface area contributed by atoms with Crippen LogP contribution in [0.2, 0.25) is 0 Å². The van der Waals surface area contributed by atoms with Crippen LogP contribution in [0.5, 0.6) is 0 Å². The summed E-state index contributed by atoms with van der Waals surface area (Å²) in [7, 11) is -0.305. The summed E-state index contributed by atoms with van der Waals surface area (Å²) in [5.41, 5.74) is 1.84. The molecule has 2 saturated heterocycles. The summed E-state index contributed by atoms with van der Waals surface area (Å²) in [6, 6.07) is 8.33. The summed E-state index contributed by atoms with van der Waals surface area (Å²) in [6.45, 7) is 13.5. The minimum atomic E-state index is -0.307. The highest BCUT2D eigenvalue weighted by Gasteiger charge is 2.51. The van der Waals surface area contributed by atoms with Gasteiger partial charge < -0.3 is 18.8 Å². The Balaban J connectivity index is 1.54. The van der Waals surface area contributed by atoms with Gasteiger partial charge in [0.25, 0.3) is 0 Å². The van der Waals surface area contributed by atoms with Crippen LogP contribution in [0.25, 0.3) is 0 Å². The van der Waals surface area contributed by atoms with E-state index in [1.807, 2.05) is 0 Å². The van der Waals surface area contributed by atoms with Crippen LogP contribution in [0.1, 0.15) is 46.6 Å². The van der Waals surface area contributed by atoms with Gasteiger partial charge in [-0.05, 0) is 45.1 Å². The van der Waals surface area contributed by atoms with Crippen molar-refractivity contribution in [2.24, 2.45) is 5.41 Å². The van der Waals surface area contributed by atoms with E-state index >= 15 is 0 Å². The fourth-order valence-electron chi connectivity index (χ4n) is 2.92. The van der Waals surface area contributed by atoms with Crippen molar-refractivity contribution in [3.63, 3.8) is 0 Å². The fraction of sp³-hybridized carbons (Fsp3) is 0.684. The third kappa shape index (κ3) is 3.41. The number of ether oxygens (including phenoxy) is 2. The third-order valence-corrected chi connectivity index (χ3v) is 5.75. The Labute approximate surface area is 146 Å². The molecule has 0 atom stereocenters. The molecule has 0 amide bonds. The van der Waals surface area contributed by atoms with Gasteiger partial charge in [-0.25, -0.2) is 0 Å². The Hall–Kier alpha value is -0.875. The van der Waals surface area contributed by atoms with Gasteiger partial charge in [-0.1, -0.05) is 31.2 Å². The summed E-state index contributed by atoms with van der Waals surface area (Å²) in [6.07, 6.45) is 1.11. The highest BCUT2D eigenvalue weighted by molar-refractivity contribution is 6.62. The van der Waals surface area contributed by atoms with E-state index < -0.39 is 0 Å². The van der Waals surface area contributed by atoms with Crippen molar-refractivity contribution in [1.82, 2.24) is 0 Å². The van der Waals surface area contributed by atoms with Crippen LogP contribution >= 0.6 is 0 Å². The van der Waals surface area contributed by atoms with Crippen LogP contribution in [-0.2, 0) is 25.4 Å². The molecule has 1 aromatic carbocycles. The minimum absolute atomic E-state index is 0.239. The lowest BCUT2D eigenvalue weighted by Gasteiger charge is -2.40. The van der Waals surface area contributed by atoms with Crippen LogP contribution in [0.4, 0.5) is 0 Å². The molecule has 132 valence electrons. The molecule has 1 aromatic rings. The molecule has 2 heterocycles. The molecule has 0 unspecified atom stereocenters. The van der Waals surface area contributed by atoms with Crippen LogP contribution in [-0.4, -0.2) is 38.1 Å². The Morgan fingerprint density at radius 3 is 2.04 bits per heavy atom. The predicted molar refractivity (Wildman–Crippen MR) is 95.4 cm³/mol.